The summed E-state index contributed by atoms with van der Waals surface area (Å²) < 4.78 is 33.9. The van der Waals surface area contributed by atoms with Gasteiger partial charge in [-0.05, 0) is 23.3 Å². The fourth-order valence-electron chi connectivity index (χ4n) is 2.48. The van der Waals surface area contributed by atoms with Crippen molar-refractivity contribution in [3.05, 3.63) is 65.7 Å². The molecule has 0 aromatic heterocycles. The summed E-state index contributed by atoms with van der Waals surface area (Å²) in [6, 6.07) is 15.7. The molecule has 120 valence electrons. The normalized spacial score (nSPS) is 17.4. The lowest BCUT2D eigenvalue weighted by Gasteiger charge is -2.13. The van der Waals surface area contributed by atoms with E-state index in [0.717, 1.165) is 11.1 Å². The topological polar surface area (TPSA) is 38.8 Å². The first-order valence-electron chi connectivity index (χ1n) is 7.16. The second-order valence-corrected chi connectivity index (χ2v) is 5.19. The van der Waals surface area contributed by atoms with E-state index in [1.54, 1.807) is 17.0 Å². The average molecular weight is 319 g/mol. The monoisotopic (exact) mass is 319 g/mol. The van der Waals surface area contributed by atoms with Crippen LogP contribution in [0.15, 0.2) is 54.6 Å². The highest BCUT2D eigenvalue weighted by molar-refractivity contribution is 5.70. The summed E-state index contributed by atoms with van der Waals surface area (Å²) in [5, 5.41) is 0. The number of amides is 1. The molecule has 6 heteroatoms. The maximum Gasteiger partial charge on any atom is 0.410 e. The van der Waals surface area contributed by atoms with E-state index in [2.05, 4.69) is 4.74 Å². The van der Waals surface area contributed by atoms with E-state index in [4.69, 9.17) is 4.74 Å². The molecular weight excluding hydrogens is 304 g/mol. The van der Waals surface area contributed by atoms with Gasteiger partial charge in [-0.25, -0.2) is 4.79 Å². The molecule has 3 rings (SSSR count). The Morgan fingerprint density at radius 2 is 1.83 bits per heavy atom. The number of cyclic esters (lactones) is 1. The van der Waals surface area contributed by atoms with Crippen LogP contribution in [0.1, 0.15) is 17.2 Å². The number of nitrogens with zero attached hydrogens (tertiary/aromatic N) is 1. The number of hydrogen-bond acceptors (Lipinski definition) is 3. The molecule has 1 saturated heterocycles. The van der Waals surface area contributed by atoms with Crippen molar-refractivity contribution in [1.82, 2.24) is 4.90 Å². The molecule has 1 amide bonds. The van der Waals surface area contributed by atoms with Crippen LogP contribution in [0.4, 0.5) is 13.6 Å². The SMILES string of the molecule is O=C1O[C@H](c2ccccc2)CN1Cc1ccc(OC(F)F)cc1. The van der Waals surface area contributed by atoms with Crippen molar-refractivity contribution in [3.63, 3.8) is 0 Å². The second-order valence-electron chi connectivity index (χ2n) is 5.19. The lowest BCUT2D eigenvalue weighted by atomic mass is 10.1. The third-order valence-electron chi connectivity index (χ3n) is 3.58. The van der Waals surface area contributed by atoms with Gasteiger partial charge in [-0.15, -0.1) is 0 Å². The molecule has 23 heavy (non-hydrogen) atoms. The molecule has 1 aliphatic heterocycles. The smallest absolute Gasteiger partial charge is 0.410 e. The van der Waals surface area contributed by atoms with Crippen molar-refractivity contribution in [3.8, 4) is 5.75 Å². The standard InChI is InChI=1S/C17H15F2NO3/c18-16(19)22-14-8-6-12(7-9-14)10-20-11-15(23-17(20)21)13-4-2-1-3-5-13/h1-9,15-16H,10-11H2/t15-/m0/s1. The van der Waals surface area contributed by atoms with Crippen LogP contribution in [0.2, 0.25) is 0 Å². The van der Waals surface area contributed by atoms with Crippen LogP contribution in [0.25, 0.3) is 0 Å². The molecule has 0 radical (unpaired) electrons. The van der Waals surface area contributed by atoms with Gasteiger partial charge in [0.2, 0.25) is 0 Å². The van der Waals surface area contributed by atoms with E-state index in [1.165, 1.54) is 12.1 Å². The molecule has 1 heterocycles. The second kappa shape index (κ2) is 6.64. The molecular formula is C17H15F2NO3. The van der Waals surface area contributed by atoms with Crippen molar-refractivity contribution in [2.45, 2.75) is 19.3 Å². The molecule has 1 aliphatic rings. The number of benzene rings is 2. The maximum absolute atomic E-state index is 12.1. The zero-order valence-electron chi connectivity index (χ0n) is 12.2. The Labute approximate surface area is 132 Å². The van der Waals surface area contributed by atoms with Crippen LogP contribution in [0.3, 0.4) is 0 Å². The van der Waals surface area contributed by atoms with Crippen molar-refractivity contribution in [1.29, 1.82) is 0 Å². The number of carbonyl (C=O) groups is 1. The van der Waals surface area contributed by atoms with E-state index < -0.39 is 6.61 Å². The first-order valence-corrected chi connectivity index (χ1v) is 7.16. The molecule has 0 aliphatic carbocycles. The summed E-state index contributed by atoms with van der Waals surface area (Å²) in [5.74, 6) is 0.0925. The van der Waals surface area contributed by atoms with E-state index in [-0.39, 0.29) is 17.9 Å². The average Bonchev–Trinajstić information content (AvgIpc) is 2.91. The van der Waals surface area contributed by atoms with Crippen LogP contribution >= 0.6 is 0 Å². The fraction of sp³-hybridized carbons (Fsp3) is 0.235. The Balaban J connectivity index is 1.63. The summed E-state index contributed by atoms with van der Waals surface area (Å²) in [7, 11) is 0. The zero-order valence-corrected chi connectivity index (χ0v) is 12.2. The lowest BCUT2D eigenvalue weighted by Crippen LogP contribution is -2.23. The Morgan fingerprint density at radius 1 is 1.13 bits per heavy atom. The van der Waals surface area contributed by atoms with Gasteiger partial charge in [0.1, 0.15) is 11.9 Å². The highest BCUT2D eigenvalue weighted by Crippen LogP contribution is 2.27. The predicted molar refractivity (Wildman–Crippen MR) is 79.1 cm³/mol. The van der Waals surface area contributed by atoms with Crippen LogP contribution in [0, 0.1) is 0 Å². The first kappa shape index (κ1) is 15.3. The van der Waals surface area contributed by atoms with E-state index in [9.17, 15) is 13.6 Å². The molecule has 0 spiro atoms. The number of rotatable bonds is 5. The van der Waals surface area contributed by atoms with Crippen molar-refractivity contribution in [2.24, 2.45) is 0 Å². The minimum Gasteiger partial charge on any atom is -0.439 e. The van der Waals surface area contributed by atoms with Gasteiger partial charge >= 0.3 is 12.7 Å². The summed E-state index contributed by atoms with van der Waals surface area (Å²) >= 11 is 0. The summed E-state index contributed by atoms with van der Waals surface area (Å²) in [4.78, 5) is 13.5. The van der Waals surface area contributed by atoms with E-state index in [0.29, 0.717) is 13.1 Å². The van der Waals surface area contributed by atoms with Crippen molar-refractivity contribution < 1.29 is 23.0 Å². The Kier molecular flexibility index (Phi) is 4.41. The summed E-state index contributed by atoms with van der Waals surface area (Å²) in [5.41, 5.74) is 1.77. The molecule has 4 nitrogen and oxygen atoms in total. The molecule has 0 saturated carbocycles. The Hall–Kier alpha value is -2.63. The Bertz CT molecular complexity index is 661. The van der Waals surface area contributed by atoms with E-state index >= 15 is 0 Å². The predicted octanol–water partition coefficient (Wildman–Crippen LogP) is 3.98. The highest BCUT2D eigenvalue weighted by Gasteiger charge is 2.32. The van der Waals surface area contributed by atoms with Gasteiger partial charge in [-0.3, -0.25) is 4.90 Å². The molecule has 0 bridgehead atoms. The summed E-state index contributed by atoms with van der Waals surface area (Å²) in [6.45, 7) is -2.03. The van der Waals surface area contributed by atoms with Crippen molar-refractivity contribution in [2.75, 3.05) is 6.54 Å². The molecule has 1 fully saturated rings. The third kappa shape index (κ3) is 3.77. The van der Waals surface area contributed by atoms with Gasteiger partial charge in [0.05, 0.1) is 6.54 Å². The van der Waals surface area contributed by atoms with Gasteiger partial charge < -0.3 is 9.47 Å². The molecule has 2 aromatic rings. The van der Waals surface area contributed by atoms with Crippen LogP contribution in [-0.2, 0) is 11.3 Å². The fourth-order valence-corrected chi connectivity index (χ4v) is 2.48. The minimum absolute atomic E-state index is 0.0925. The number of carbonyl (C=O) groups excluding carboxylic acids is 1. The maximum atomic E-state index is 12.1. The molecule has 2 aromatic carbocycles. The van der Waals surface area contributed by atoms with Crippen molar-refractivity contribution >= 4 is 6.09 Å². The van der Waals surface area contributed by atoms with Crippen LogP contribution in [0.5, 0.6) is 5.75 Å². The minimum atomic E-state index is -2.85. The molecule has 0 unspecified atom stereocenters. The van der Waals surface area contributed by atoms with E-state index in [1.807, 2.05) is 30.3 Å². The molecule has 0 N–H and O–H groups in total. The highest BCUT2D eigenvalue weighted by atomic mass is 19.3. The largest absolute Gasteiger partial charge is 0.439 e. The van der Waals surface area contributed by atoms with Gasteiger partial charge in [-0.2, -0.15) is 8.78 Å². The van der Waals surface area contributed by atoms with Gasteiger partial charge in [-0.1, -0.05) is 42.5 Å². The summed E-state index contributed by atoms with van der Waals surface area (Å²) in [6.07, 6.45) is -0.670. The van der Waals surface area contributed by atoms with Gasteiger partial charge in [0.25, 0.3) is 0 Å². The number of ether oxygens (including phenoxy) is 2. The Morgan fingerprint density at radius 3 is 2.48 bits per heavy atom. The zero-order chi connectivity index (χ0) is 16.2. The number of alkyl halides is 2. The number of halogens is 2. The quantitative estimate of drug-likeness (QED) is 0.837. The van der Waals surface area contributed by atoms with Crippen LogP contribution < -0.4 is 4.74 Å². The van der Waals surface area contributed by atoms with Gasteiger partial charge in [0, 0.05) is 6.54 Å². The van der Waals surface area contributed by atoms with Crippen LogP contribution in [-0.4, -0.2) is 24.1 Å². The number of hydrogen-bond donors (Lipinski definition) is 0. The first-order chi connectivity index (χ1) is 11.1. The molecule has 1 atom stereocenters. The lowest BCUT2D eigenvalue weighted by molar-refractivity contribution is -0.0498. The third-order valence-corrected chi connectivity index (χ3v) is 3.58. The van der Waals surface area contributed by atoms with Gasteiger partial charge in [0.15, 0.2) is 0 Å².